The highest BCUT2D eigenvalue weighted by Gasteiger charge is 2.28. The molecule has 0 unspecified atom stereocenters. The van der Waals surface area contributed by atoms with E-state index >= 15 is 0 Å². The van der Waals surface area contributed by atoms with Crippen molar-refractivity contribution in [2.45, 2.75) is 6.92 Å². The lowest BCUT2D eigenvalue weighted by molar-refractivity contribution is 0.457. The number of halogens is 4. The van der Waals surface area contributed by atoms with Gasteiger partial charge in [-0.3, -0.25) is 0 Å². The van der Waals surface area contributed by atoms with Crippen molar-refractivity contribution in [2.24, 2.45) is 0 Å². The molecule has 0 spiro atoms. The van der Waals surface area contributed by atoms with E-state index in [9.17, 15) is 28.1 Å². The van der Waals surface area contributed by atoms with Crippen molar-refractivity contribution in [1.29, 1.82) is 10.5 Å². The number of hydrogen-bond donors (Lipinski definition) is 0. The van der Waals surface area contributed by atoms with Crippen LogP contribution >= 0.6 is 0 Å². The van der Waals surface area contributed by atoms with Gasteiger partial charge < -0.3 is 4.74 Å². The Morgan fingerprint density at radius 3 is 2.00 bits per heavy atom. The molecule has 0 fully saturated rings. The van der Waals surface area contributed by atoms with Crippen molar-refractivity contribution < 1.29 is 22.3 Å². The number of nitriles is 2. The van der Waals surface area contributed by atoms with Gasteiger partial charge >= 0.3 is 0 Å². The third-order valence-corrected chi connectivity index (χ3v) is 4.70. The number of aryl methyl sites for hydroxylation is 1. The fourth-order valence-corrected chi connectivity index (χ4v) is 3.04. The lowest BCUT2D eigenvalue weighted by atomic mass is 10.0. The first-order valence-corrected chi connectivity index (χ1v) is 9.32. The monoisotopic (exact) mass is 458 g/mol. The van der Waals surface area contributed by atoms with Crippen LogP contribution in [0.25, 0.3) is 21.0 Å². The zero-order valence-corrected chi connectivity index (χ0v) is 17.3. The van der Waals surface area contributed by atoms with Crippen LogP contribution in [0.3, 0.4) is 0 Å². The standard InChI is InChI=1S/C25H10F4N4O/c1-13-4-7-15(8-5-13)34-19-10-14(18(12-31)32-2)6-9-16(19)17(11-30)20-21(26)23(28)25(33-3)24(29)22(20)27/h4-10H,1H3/b17-16+,18-14+. The van der Waals surface area contributed by atoms with E-state index < -0.39 is 40.1 Å². The maximum atomic E-state index is 14.7. The summed E-state index contributed by atoms with van der Waals surface area (Å²) in [4.78, 5) is 5.55. The lowest BCUT2D eigenvalue weighted by Gasteiger charge is -2.11. The molecule has 0 saturated carbocycles. The average Bonchev–Trinajstić information content (AvgIpc) is 2.84. The summed E-state index contributed by atoms with van der Waals surface area (Å²) < 4.78 is 63.7. The van der Waals surface area contributed by atoms with Crippen molar-refractivity contribution in [2.75, 3.05) is 0 Å². The summed E-state index contributed by atoms with van der Waals surface area (Å²) in [7, 11) is 0. The summed E-state index contributed by atoms with van der Waals surface area (Å²) in [6.07, 6.45) is 0. The van der Waals surface area contributed by atoms with Crippen molar-refractivity contribution >= 4 is 17.0 Å². The van der Waals surface area contributed by atoms with Crippen LogP contribution in [-0.4, -0.2) is 0 Å². The number of benzene rings is 3. The molecule has 0 atom stereocenters. The molecule has 0 aromatic heterocycles. The molecule has 0 aliphatic heterocycles. The van der Waals surface area contributed by atoms with Crippen molar-refractivity contribution in [3.8, 4) is 23.6 Å². The molecule has 0 heterocycles. The van der Waals surface area contributed by atoms with Crippen molar-refractivity contribution in [3.63, 3.8) is 0 Å². The Morgan fingerprint density at radius 1 is 0.882 bits per heavy atom. The Kier molecular flexibility index (Phi) is 6.63. The van der Waals surface area contributed by atoms with E-state index in [1.807, 2.05) is 6.92 Å². The quantitative estimate of drug-likeness (QED) is 0.309. The fourth-order valence-electron chi connectivity index (χ4n) is 3.04. The van der Waals surface area contributed by atoms with Crippen LogP contribution < -0.4 is 15.2 Å². The van der Waals surface area contributed by atoms with Gasteiger partial charge in [-0.1, -0.05) is 29.8 Å². The molecule has 0 saturated heterocycles. The van der Waals surface area contributed by atoms with Gasteiger partial charge in [0.05, 0.1) is 30.4 Å². The Labute approximate surface area is 190 Å². The number of rotatable bonds is 3. The van der Waals surface area contributed by atoms with Crippen molar-refractivity contribution in [1.82, 2.24) is 0 Å². The summed E-state index contributed by atoms with van der Waals surface area (Å²) in [5, 5.41) is 18.7. The second-order valence-corrected chi connectivity index (χ2v) is 6.78. The molecule has 0 aliphatic carbocycles. The normalized spacial score (nSPS) is 11.9. The molecule has 164 valence electrons. The van der Waals surface area contributed by atoms with E-state index in [0.29, 0.717) is 0 Å². The Balaban J connectivity index is 2.48. The van der Waals surface area contributed by atoms with Crippen LogP contribution in [0.1, 0.15) is 11.1 Å². The molecule has 3 aromatic rings. The smallest absolute Gasteiger partial charge is 0.269 e. The Morgan fingerprint density at radius 2 is 1.50 bits per heavy atom. The van der Waals surface area contributed by atoms with Gasteiger partial charge in [0.15, 0.2) is 23.3 Å². The van der Waals surface area contributed by atoms with Gasteiger partial charge in [-0.25, -0.2) is 32.5 Å². The second-order valence-electron chi connectivity index (χ2n) is 6.78. The number of nitrogens with zero attached hydrogens (tertiary/aromatic N) is 4. The molecule has 0 N–H and O–H groups in total. The predicted molar refractivity (Wildman–Crippen MR) is 113 cm³/mol. The maximum Gasteiger partial charge on any atom is 0.269 e. The molecular weight excluding hydrogens is 448 g/mol. The predicted octanol–water partition coefficient (Wildman–Crippen LogP) is 5.17. The Bertz CT molecular complexity index is 1570. The fraction of sp³-hybridized carbons (Fsp3) is 0.0400. The van der Waals surface area contributed by atoms with Gasteiger partial charge in [0.25, 0.3) is 11.4 Å². The SMILES string of the molecule is [C-]#[N+]/C(C#N)=c1\cc/c(=C(/C#N)c2c(F)c(F)c([N+]#[C-])c(F)c2F)c(Oc2ccc(C)cc2)c1. The molecule has 3 rings (SSSR count). The molecule has 0 amide bonds. The minimum Gasteiger partial charge on any atom is -0.457 e. The molecule has 0 radical (unpaired) electrons. The Hall–Kier alpha value is -5.12. The summed E-state index contributed by atoms with van der Waals surface area (Å²) >= 11 is 0. The molecule has 34 heavy (non-hydrogen) atoms. The zero-order valence-electron chi connectivity index (χ0n) is 17.3. The molecule has 0 aliphatic rings. The number of hydrogen-bond acceptors (Lipinski definition) is 3. The first kappa shape index (κ1) is 23.5. The van der Waals surface area contributed by atoms with Gasteiger partial charge in [-0.15, -0.1) is 0 Å². The van der Waals surface area contributed by atoms with Crippen LogP contribution in [0.2, 0.25) is 0 Å². The minimum absolute atomic E-state index is 0.0855. The summed E-state index contributed by atoms with van der Waals surface area (Å²) in [5.41, 5.74) is -3.04. The highest BCUT2D eigenvalue weighted by molar-refractivity contribution is 5.80. The first-order chi connectivity index (χ1) is 16.3. The number of ether oxygens (including phenoxy) is 1. The third-order valence-electron chi connectivity index (χ3n) is 4.70. The third kappa shape index (κ3) is 4.15. The van der Waals surface area contributed by atoms with Gasteiger partial charge in [0, 0.05) is 5.22 Å². The maximum absolute atomic E-state index is 14.7. The molecule has 0 bridgehead atoms. The first-order valence-electron chi connectivity index (χ1n) is 9.32. The zero-order chi connectivity index (χ0) is 25.0. The van der Waals surface area contributed by atoms with Crippen LogP contribution in [0, 0.1) is 66.0 Å². The minimum atomic E-state index is -1.94. The van der Waals surface area contributed by atoms with Gasteiger partial charge in [0.1, 0.15) is 17.6 Å². The van der Waals surface area contributed by atoms with Crippen molar-refractivity contribution in [3.05, 3.63) is 110 Å². The highest BCUT2D eigenvalue weighted by Crippen LogP contribution is 2.33. The van der Waals surface area contributed by atoms with E-state index in [4.69, 9.17) is 17.9 Å². The van der Waals surface area contributed by atoms with Gasteiger partial charge in [-0.05, 0) is 30.3 Å². The largest absolute Gasteiger partial charge is 0.457 e. The summed E-state index contributed by atoms with van der Waals surface area (Å²) in [6, 6.07) is 13.3. The van der Waals surface area contributed by atoms with Gasteiger partial charge in [0.2, 0.25) is 0 Å². The topological polar surface area (TPSA) is 65.5 Å². The van der Waals surface area contributed by atoms with E-state index in [0.717, 1.165) is 11.6 Å². The van der Waals surface area contributed by atoms with E-state index in [-0.39, 0.29) is 27.6 Å². The van der Waals surface area contributed by atoms with Gasteiger partial charge in [-0.2, -0.15) is 5.26 Å². The van der Waals surface area contributed by atoms with E-state index in [1.165, 1.54) is 18.2 Å². The summed E-state index contributed by atoms with van der Waals surface area (Å²) in [6.45, 7) is 15.7. The lowest BCUT2D eigenvalue weighted by Crippen LogP contribution is -2.17. The molecule has 5 nitrogen and oxygen atoms in total. The molecule has 9 heteroatoms. The molecule has 3 aromatic carbocycles. The van der Waals surface area contributed by atoms with Crippen LogP contribution in [0.5, 0.6) is 11.5 Å². The van der Waals surface area contributed by atoms with Crippen LogP contribution in [0.4, 0.5) is 23.2 Å². The summed E-state index contributed by atoms with van der Waals surface area (Å²) in [5.74, 6) is -7.69. The molecular formula is C25H10F4N4O. The second kappa shape index (κ2) is 9.57. The average molecular weight is 458 g/mol. The highest BCUT2D eigenvalue weighted by atomic mass is 19.2. The van der Waals surface area contributed by atoms with E-state index in [2.05, 4.69) is 9.69 Å². The van der Waals surface area contributed by atoms with E-state index in [1.54, 1.807) is 30.3 Å². The van der Waals surface area contributed by atoms with Crippen LogP contribution in [-0.2, 0) is 0 Å². The van der Waals surface area contributed by atoms with Crippen LogP contribution in [0.15, 0.2) is 42.5 Å².